The van der Waals surface area contributed by atoms with Crippen molar-refractivity contribution in [1.29, 1.82) is 5.26 Å². The van der Waals surface area contributed by atoms with Crippen LogP contribution in [0.2, 0.25) is 0 Å². The zero-order chi connectivity index (χ0) is 11.7. The van der Waals surface area contributed by atoms with Gasteiger partial charge in [0.1, 0.15) is 15.9 Å². The fourth-order valence-electron chi connectivity index (χ4n) is 0.872. The minimum absolute atomic E-state index is 0.172. The Labute approximate surface area is 96.3 Å². The van der Waals surface area contributed by atoms with Crippen LogP contribution in [0.15, 0.2) is 0 Å². The summed E-state index contributed by atoms with van der Waals surface area (Å²) in [5, 5.41) is 11.9. The van der Waals surface area contributed by atoms with Crippen molar-refractivity contribution in [2.45, 2.75) is 19.4 Å². The molecule has 0 saturated carbocycles. The lowest BCUT2D eigenvalue weighted by Crippen LogP contribution is -2.30. The van der Waals surface area contributed by atoms with E-state index in [4.69, 9.17) is 5.26 Å². The molecule has 0 fully saturated rings. The van der Waals surface area contributed by atoms with E-state index in [2.05, 4.69) is 11.4 Å². The van der Waals surface area contributed by atoms with E-state index in [-0.39, 0.29) is 11.8 Å². The second-order valence-corrected chi connectivity index (χ2v) is 6.75. The van der Waals surface area contributed by atoms with Gasteiger partial charge in [-0.3, -0.25) is 0 Å². The number of nitriles is 1. The van der Waals surface area contributed by atoms with E-state index in [1.54, 1.807) is 0 Å². The highest BCUT2D eigenvalue weighted by Gasteiger charge is 2.07. The zero-order valence-corrected chi connectivity index (χ0v) is 10.8. The highest BCUT2D eigenvalue weighted by atomic mass is 32.2. The molecule has 0 aliphatic rings. The van der Waals surface area contributed by atoms with Crippen LogP contribution in [0.1, 0.15) is 13.3 Å². The molecule has 88 valence electrons. The first-order valence-corrected chi connectivity index (χ1v) is 8.09. The maximum Gasteiger partial charge on any atom is 0.148 e. The Morgan fingerprint density at radius 2 is 2.20 bits per heavy atom. The normalized spacial score (nSPS) is 13.4. The van der Waals surface area contributed by atoms with Gasteiger partial charge in [-0.15, -0.1) is 0 Å². The highest BCUT2D eigenvalue weighted by molar-refractivity contribution is 8.00. The lowest BCUT2D eigenvalue weighted by molar-refractivity contribution is 0.603. The lowest BCUT2D eigenvalue weighted by atomic mass is 10.3. The maximum atomic E-state index is 10.8. The van der Waals surface area contributed by atoms with Crippen molar-refractivity contribution in [3.8, 4) is 6.07 Å². The number of nitrogens with zero attached hydrogens (tertiary/aromatic N) is 1. The van der Waals surface area contributed by atoms with Gasteiger partial charge in [-0.25, -0.2) is 8.42 Å². The van der Waals surface area contributed by atoms with E-state index in [9.17, 15) is 8.42 Å². The van der Waals surface area contributed by atoms with E-state index in [1.165, 1.54) is 18.0 Å². The molecule has 0 bridgehead atoms. The molecule has 0 amide bonds. The van der Waals surface area contributed by atoms with E-state index in [0.29, 0.717) is 11.5 Å². The van der Waals surface area contributed by atoms with E-state index in [1.807, 2.05) is 6.92 Å². The van der Waals surface area contributed by atoms with Crippen LogP contribution < -0.4 is 5.32 Å². The first kappa shape index (κ1) is 14.8. The fraction of sp³-hybridized carbons (Fsp3) is 0.889. The number of sulfone groups is 1. The minimum atomic E-state index is -2.87. The zero-order valence-electron chi connectivity index (χ0n) is 9.19. The standard InChI is InChI=1S/C9H18N2O2S2/c1-3-4-11-9(7-10)8-14-5-6-15(2,12)13/h9,11H,3-6,8H2,1-2H3. The van der Waals surface area contributed by atoms with Gasteiger partial charge in [0.25, 0.3) is 0 Å². The monoisotopic (exact) mass is 250 g/mol. The summed E-state index contributed by atoms with van der Waals surface area (Å²) in [5.74, 6) is 1.39. The molecule has 0 rings (SSSR count). The first-order chi connectivity index (χ1) is 6.99. The Balaban J connectivity index is 3.60. The molecule has 1 unspecified atom stereocenters. The fourth-order valence-corrected chi connectivity index (χ4v) is 3.15. The molecule has 1 N–H and O–H groups in total. The molecular formula is C9H18N2O2S2. The van der Waals surface area contributed by atoms with Crippen LogP contribution in [0.25, 0.3) is 0 Å². The Kier molecular flexibility index (Phi) is 7.83. The summed E-state index contributed by atoms with van der Waals surface area (Å²) in [7, 11) is -2.87. The first-order valence-electron chi connectivity index (χ1n) is 4.88. The van der Waals surface area contributed by atoms with Gasteiger partial charge in [-0.05, 0) is 13.0 Å². The van der Waals surface area contributed by atoms with Crippen LogP contribution in [0.4, 0.5) is 0 Å². The number of nitrogens with one attached hydrogen (secondary N) is 1. The van der Waals surface area contributed by atoms with Crippen molar-refractivity contribution in [2.75, 3.05) is 30.1 Å². The van der Waals surface area contributed by atoms with Crippen molar-refractivity contribution in [2.24, 2.45) is 0 Å². The smallest absolute Gasteiger partial charge is 0.148 e. The molecule has 1 atom stereocenters. The third-order valence-electron chi connectivity index (χ3n) is 1.68. The lowest BCUT2D eigenvalue weighted by Gasteiger charge is -2.09. The van der Waals surface area contributed by atoms with Crippen molar-refractivity contribution >= 4 is 21.6 Å². The van der Waals surface area contributed by atoms with Crippen LogP contribution in [0.5, 0.6) is 0 Å². The van der Waals surface area contributed by atoms with Crippen molar-refractivity contribution in [1.82, 2.24) is 5.32 Å². The minimum Gasteiger partial charge on any atom is -0.301 e. The summed E-state index contributed by atoms with van der Waals surface area (Å²) in [6, 6.07) is 1.98. The van der Waals surface area contributed by atoms with Gasteiger partial charge in [0.2, 0.25) is 0 Å². The molecule has 15 heavy (non-hydrogen) atoms. The molecule has 4 nitrogen and oxygen atoms in total. The van der Waals surface area contributed by atoms with Crippen molar-refractivity contribution in [3.05, 3.63) is 0 Å². The molecule has 0 aliphatic heterocycles. The quantitative estimate of drug-likeness (QED) is 0.641. The molecule has 0 spiro atoms. The van der Waals surface area contributed by atoms with Gasteiger partial charge in [0, 0.05) is 17.8 Å². The number of hydrogen-bond donors (Lipinski definition) is 1. The third kappa shape index (κ3) is 10.0. The molecule has 0 radical (unpaired) electrons. The molecule has 0 aromatic carbocycles. The van der Waals surface area contributed by atoms with Crippen LogP contribution in [0.3, 0.4) is 0 Å². The molecular weight excluding hydrogens is 232 g/mol. The summed E-state index contributed by atoms with van der Waals surface area (Å²) in [6.45, 7) is 2.86. The number of hydrogen-bond acceptors (Lipinski definition) is 5. The largest absolute Gasteiger partial charge is 0.301 e. The summed E-state index contributed by atoms with van der Waals surface area (Å²) >= 11 is 1.50. The van der Waals surface area contributed by atoms with Gasteiger partial charge in [-0.2, -0.15) is 17.0 Å². The molecule has 0 aromatic heterocycles. The molecule has 0 aliphatic carbocycles. The maximum absolute atomic E-state index is 10.8. The van der Waals surface area contributed by atoms with E-state index < -0.39 is 9.84 Å². The van der Waals surface area contributed by atoms with Crippen molar-refractivity contribution < 1.29 is 8.42 Å². The van der Waals surface area contributed by atoms with Gasteiger partial charge in [0.05, 0.1) is 11.8 Å². The van der Waals surface area contributed by atoms with E-state index >= 15 is 0 Å². The second kappa shape index (κ2) is 7.97. The SMILES string of the molecule is CCCNC(C#N)CSCCS(C)(=O)=O. The van der Waals surface area contributed by atoms with Crippen LogP contribution in [0, 0.1) is 11.3 Å². The topological polar surface area (TPSA) is 70.0 Å². The van der Waals surface area contributed by atoms with Crippen LogP contribution >= 0.6 is 11.8 Å². The summed E-state index contributed by atoms with van der Waals surface area (Å²) in [5.41, 5.74) is 0. The molecule has 0 saturated heterocycles. The molecule has 0 heterocycles. The highest BCUT2D eigenvalue weighted by Crippen LogP contribution is 2.03. The Morgan fingerprint density at radius 3 is 2.67 bits per heavy atom. The van der Waals surface area contributed by atoms with Crippen LogP contribution in [-0.4, -0.2) is 44.5 Å². The molecule has 6 heteroatoms. The Bertz CT molecular complexity index is 296. The third-order valence-corrected chi connectivity index (χ3v) is 3.95. The Hall–Kier alpha value is -0.250. The Morgan fingerprint density at radius 1 is 1.53 bits per heavy atom. The average Bonchev–Trinajstić information content (AvgIpc) is 2.15. The number of thioether (sulfide) groups is 1. The van der Waals surface area contributed by atoms with Crippen LogP contribution in [-0.2, 0) is 9.84 Å². The summed E-state index contributed by atoms with van der Waals surface area (Å²) in [6.07, 6.45) is 2.22. The number of rotatable bonds is 8. The predicted octanol–water partition coefficient (Wildman–Crippen LogP) is 0.656. The van der Waals surface area contributed by atoms with Gasteiger partial charge in [0.15, 0.2) is 0 Å². The molecule has 0 aromatic rings. The predicted molar refractivity (Wildman–Crippen MR) is 64.7 cm³/mol. The summed E-state index contributed by atoms with van der Waals surface area (Å²) < 4.78 is 21.6. The van der Waals surface area contributed by atoms with E-state index in [0.717, 1.165) is 13.0 Å². The van der Waals surface area contributed by atoms with Crippen molar-refractivity contribution in [3.63, 3.8) is 0 Å². The summed E-state index contributed by atoms with van der Waals surface area (Å²) in [4.78, 5) is 0. The van der Waals surface area contributed by atoms with Gasteiger partial charge < -0.3 is 5.32 Å². The second-order valence-electron chi connectivity index (χ2n) is 3.34. The van der Waals surface area contributed by atoms with Gasteiger partial charge in [-0.1, -0.05) is 6.92 Å². The van der Waals surface area contributed by atoms with Gasteiger partial charge >= 0.3 is 0 Å². The average molecular weight is 250 g/mol.